The molecule has 0 saturated carbocycles. The van der Waals surface area contributed by atoms with Crippen molar-refractivity contribution in [2.75, 3.05) is 11.1 Å². The van der Waals surface area contributed by atoms with Crippen LogP contribution in [0.2, 0.25) is 4.34 Å². The Kier molecular flexibility index (Phi) is 4.17. The summed E-state index contributed by atoms with van der Waals surface area (Å²) in [5, 5.41) is 3.46. The minimum Gasteiger partial charge on any atom is -0.399 e. The van der Waals surface area contributed by atoms with E-state index in [-0.39, 0.29) is 6.04 Å². The molecule has 0 aliphatic heterocycles. The van der Waals surface area contributed by atoms with Gasteiger partial charge in [0.2, 0.25) is 0 Å². The van der Waals surface area contributed by atoms with Gasteiger partial charge in [-0.3, -0.25) is 0 Å². The highest BCUT2D eigenvalue weighted by atomic mass is 127. The average molecular weight is 379 g/mol. The third kappa shape index (κ3) is 3.26. The summed E-state index contributed by atoms with van der Waals surface area (Å²) in [6, 6.07) is 10.1. The average Bonchev–Trinajstić information content (AvgIpc) is 2.69. The van der Waals surface area contributed by atoms with Crippen LogP contribution in [0.1, 0.15) is 17.8 Å². The summed E-state index contributed by atoms with van der Waals surface area (Å²) in [7, 11) is 0. The molecule has 2 nitrogen and oxygen atoms in total. The van der Waals surface area contributed by atoms with Crippen molar-refractivity contribution in [2.24, 2.45) is 0 Å². The highest BCUT2D eigenvalue weighted by molar-refractivity contribution is 14.1. The maximum Gasteiger partial charge on any atom is 0.0932 e. The summed E-state index contributed by atoms with van der Waals surface area (Å²) < 4.78 is 1.94. The van der Waals surface area contributed by atoms with Crippen LogP contribution in [-0.4, -0.2) is 0 Å². The molecule has 0 aliphatic carbocycles. The molecule has 1 atom stereocenters. The number of thiophene rings is 1. The van der Waals surface area contributed by atoms with Crippen LogP contribution in [0.4, 0.5) is 11.4 Å². The van der Waals surface area contributed by atoms with Gasteiger partial charge in [0.1, 0.15) is 0 Å². The van der Waals surface area contributed by atoms with Gasteiger partial charge in [0, 0.05) is 19.8 Å². The van der Waals surface area contributed by atoms with Gasteiger partial charge in [0.25, 0.3) is 0 Å². The number of rotatable bonds is 3. The summed E-state index contributed by atoms with van der Waals surface area (Å²) in [6.45, 7) is 2.12. The van der Waals surface area contributed by atoms with E-state index in [0.717, 1.165) is 19.3 Å². The Labute approximate surface area is 123 Å². The second kappa shape index (κ2) is 5.46. The standard InChI is InChI=1S/C12H12ClIN2S/c1-7(11-4-5-12(13)17-11)16-10-3-2-8(15)6-9(10)14/h2-7,16H,15H2,1H3. The predicted molar refractivity (Wildman–Crippen MR) is 84.9 cm³/mol. The fourth-order valence-electron chi connectivity index (χ4n) is 1.51. The largest absolute Gasteiger partial charge is 0.399 e. The number of halogens is 2. The molecule has 90 valence electrons. The predicted octanol–water partition coefficient (Wildman–Crippen LogP) is 4.76. The smallest absolute Gasteiger partial charge is 0.0932 e. The van der Waals surface area contributed by atoms with Gasteiger partial charge in [0.15, 0.2) is 0 Å². The van der Waals surface area contributed by atoms with Crippen molar-refractivity contribution in [1.29, 1.82) is 0 Å². The van der Waals surface area contributed by atoms with Gasteiger partial charge < -0.3 is 11.1 Å². The van der Waals surface area contributed by atoms with Crippen molar-refractivity contribution in [1.82, 2.24) is 0 Å². The van der Waals surface area contributed by atoms with Crippen molar-refractivity contribution in [3.8, 4) is 0 Å². The van der Waals surface area contributed by atoms with E-state index in [1.807, 2.05) is 24.3 Å². The van der Waals surface area contributed by atoms with Gasteiger partial charge in [-0.15, -0.1) is 11.3 Å². The van der Waals surface area contributed by atoms with Crippen LogP contribution in [0.15, 0.2) is 30.3 Å². The highest BCUT2D eigenvalue weighted by Crippen LogP contribution is 2.30. The van der Waals surface area contributed by atoms with Gasteiger partial charge >= 0.3 is 0 Å². The topological polar surface area (TPSA) is 38.0 Å². The molecule has 0 spiro atoms. The van der Waals surface area contributed by atoms with Crippen LogP contribution < -0.4 is 11.1 Å². The molecule has 5 heteroatoms. The number of nitrogens with two attached hydrogens (primary N) is 1. The quantitative estimate of drug-likeness (QED) is 0.597. The lowest BCUT2D eigenvalue weighted by molar-refractivity contribution is 0.907. The molecule has 1 aromatic heterocycles. The third-order valence-corrected chi connectivity index (χ3v) is 4.69. The number of hydrogen-bond acceptors (Lipinski definition) is 3. The van der Waals surface area contributed by atoms with E-state index in [9.17, 15) is 0 Å². The maximum absolute atomic E-state index is 5.93. The second-order valence-electron chi connectivity index (χ2n) is 3.75. The first-order valence-corrected chi connectivity index (χ1v) is 7.40. The summed E-state index contributed by atoms with van der Waals surface area (Å²) in [5.41, 5.74) is 7.60. The van der Waals surface area contributed by atoms with Crippen LogP contribution in [0.3, 0.4) is 0 Å². The Morgan fingerprint density at radius 1 is 1.35 bits per heavy atom. The number of benzene rings is 1. The minimum absolute atomic E-state index is 0.240. The molecule has 2 aromatic rings. The van der Waals surface area contributed by atoms with Crippen LogP contribution in [0.25, 0.3) is 0 Å². The summed E-state index contributed by atoms with van der Waals surface area (Å²) >= 11 is 9.81. The SMILES string of the molecule is CC(Nc1ccc(N)cc1I)c1ccc(Cl)s1. The van der Waals surface area contributed by atoms with Crippen molar-refractivity contribution in [3.63, 3.8) is 0 Å². The Balaban J connectivity index is 2.15. The van der Waals surface area contributed by atoms with E-state index in [4.69, 9.17) is 17.3 Å². The van der Waals surface area contributed by atoms with Gasteiger partial charge in [-0.2, -0.15) is 0 Å². The van der Waals surface area contributed by atoms with Gasteiger partial charge in [-0.1, -0.05) is 11.6 Å². The normalized spacial score (nSPS) is 12.4. The molecule has 1 heterocycles. The summed E-state index contributed by atoms with van der Waals surface area (Å²) in [4.78, 5) is 1.22. The Bertz CT molecular complexity index is 527. The first kappa shape index (κ1) is 13.0. The number of anilines is 2. The molecule has 0 aliphatic rings. The first-order chi connectivity index (χ1) is 8.06. The molecule has 17 heavy (non-hydrogen) atoms. The Hall–Kier alpha value is -0.460. The van der Waals surface area contributed by atoms with Crippen molar-refractivity contribution >= 4 is 56.9 Å². The molecule has 2 rings (SSSR count). The van der Waals surface area contributed by atoms with E-state index in [1.54, 1.807) is 11.3 Å². The second-order valence-corrected chi connectivity index (χ2v) is 6.66. The third-order valence-electron chi connectivity index (χ3n) is 2.39. The maximum atomic E-state index is 5.93. The van der Waals surface area contributed by atoms with E-state index < -0.39 is 0 Å². The number of nitrogens with one attached hydrogen (secondary N) is 1. The van der Waals surface area contributed by atoms with Gasteiger partial charge in [-0.25, -0.2) is 0 Å². The summed E-state index contributed by atoms with van der Waals surface area (Å²) in [6.07, 6.45) is 0. The van der Waals surface area contributed by atoms with Crippen LogP contribution in [0, 0.1) is 3.57 Å². The zero-order valence-corrected chi connectivity index (χ0v) is 12.9. The minimum atomic E-state index is 0.240. The molecule has 0 radical (unpaired) electrons. The van der Waals surface area contributed by atoms with Crippen molar-refractivity contribution in [3.05, 3.63) is 43.1 Å². The van der Waals surface area contributed by atoms with Gasteiger partial charge in [0.05, 0.1) is 10.4 Å². The summed E-state index contributed by atoms with van der Waals surface area (Å²) in [5.74, 6) is 0. The van der Waals surface area contributed by atoms with E-state index in [1.165, 1.54) is 4.88 Å². The van der Waals surface area contributed by atoms with E-state index in [0.29, 0.717) is 0 Å². The molecule has 0 bridgehead atoms. The molecule has 3 N–H and O–H groups in total. The molecule has 0 saturated heterocycles. The number of hydrogen-bond donors (Lipinski definition) is 2. The molecule has 0 fully saturated rings. The molecule has 0 amide bonds. The Morgan fingerprint density at radius 2 is 2.12 bits per heavy atom. The lowest BCUT2D eigenvalue weighted by Crippen LogP contribution is -2.06. The fraction of sp³-hybridized carbons (Fsp3) is 0.167. The monoisotopic (exact) mass is 378 g/mol. The van der Waals surface area contributed by atoms with Crippen LogP contribution in [0.5, 0.6) is 0 Å². The fourth-order valence-corrected chi connectivity index (χ4v) is 3.27. The van der Waals surface area contributed by atoms with Gasteiger partial charge in [-0.05, 0) is 59.8 Å². The molecular weight excluding hydrogens is 367 g/mol. The first-order valence-electron chi connectivity index (χ1n) is 5.13. The zero-order chi connectivity index (χ0) is 12.4. The van der Waals surface area contributed by atoms with Crippen molar-refractivity contribution in [2.45, 2.75) is 13.0 Å². The lowest BCUT2D eigenvalue weighted by Gasteiger charge is -2.15. The van der Waals surface area contributed by atoms with Crippen LogP contribution in [-0.2, 0) is 0 Å². The van der Waals surface area contributed by atoms with Crippen LogP contribution >= 0.6 is 45.5 Å². The molecular formula is C12H12ClIN2S. The molecule has 1 unspecified atom stereocenters. The lowest BCUT2D eigenvalue weighted by atomic mass is 10.2. The zero-order valence-electron chi connectivity index (χ0n) is 9.21. The van der Waals surface area contributed by atoms with Crippen molar-refractivity contribution < 1.29 is 0 Å². The van der Waals surface area contributed by atoms with E-state index >= 15 is 0 Å². The molecule has 1 aromatic carbocycles. The Morgan fingerprint density at radius 3 is 2.71 bits per heavy atom. The van der Waals surface area contributed by atoms with E-state index in [2.05, 4.69) is 40.9 Å². The number of nitrogen functional groups attached to an aromatic ring is 1. The highest BCUT2D eigenvalue weighted by Gasteiger charge is 2.09.